The summed E-state index contributed by atoms with van der Waals surface area (Å²) < 4.78 is 9.03. The molecule has 0 radical (unpaired) electrons. The van der Waals surface area contributed by atoms with E-state index in [1.807, 2.05) is 180 Å². The Bertz CT molecular complexity index is 4280. The molecule has 16 nitrogen and oxygen atoms in total. The van der Waals surface area contributed by atoms with Crippen LogP contribution in [0.3, 0.4) is 0 Å². The summed E-state index contributed by atoms with van der Waals surface area (Å²) in [5.74, 6) is 2.54. The summed E-state index contributed by atoms with van der Waals surface area (Å²) in [6.45, 7) is 17.9. The molecule has 18 rings (SSSR count). The van der Waals surface area contributed by atoms with Crippen LogP contribution in [0.2, 0.25) is 0 Å². The van der Waals surface area contributed by atoms with Gasteiger partial charge in [0.2, 0.25) is 0 Å². The third kappa shape index (κ3) is 17.6. The molecule has 0 unspecified atom stereocenters. The van der Waals surface area contributed by atoms with Crippen molar-refractivity contribution in [3.05, 3.63) is 244 Å². The van der Waals surface area contributed by atoms with E-state index in [1.54, 1.807) is 16.3 Å². The minimum Gasteiger partial charge on any atom is -0.441 e. The molecule has 8 aromatic heterocycles. The molecule has 0 bridgehead atoms. The Balaban J connectivity index is 0.000000111. The summed E-state index contributed by atoms with van der Waals surface area (Å²) in [5.41, 5.74) is 22.8. The average Bonchev–Trinajstić information content (AvgIpc) is 4.39. The lowest BCUT2D eigenvalue weighted by Crippen LogP contribution is -2.19. The van der Waals surface area contributed by atoms with Gasteiger partial charge in [-0.25, -0.2) is 29.4 Å². The molecule has 4 aromatic carbocycles. The Kier molecular flexibility index (Phi) is 21.2. The second-order valence-electron chi connectivity index (χ2n) is 22.6. The number of para-hydroxylation sites is 6. The van der Waals surface area contributed by atoms with Crippen molar-refractivity contribution >= 4 is 85.5 Å². The molecule has 12 aromatic rings. The molecule has 0 fully saturated rings. The Labute approximate surface area is 525 Å². The maximum absolute atomic E-state index is 5.26. The number of fused-ring (bicyclic) bond motifs is 8. The zero-order valence-electron chi connectivity index (χ0n) is 52.9. The van der Waals surface area contributed by atoms with Crippen LogP contribution in [0.4, 0.5) is 17.1 Å². The van der Waals surface area contributed by atoms with E-state index in [2.05, 4.69) is 134 Å². The third-order valence-electron chi connectivity index (χ3n) is 14.8. The molecule has 454 valence electrons. The van der Waals surface area contributed by atoms with Gasteiger partial charge in [-0.05, 0) is 177 Å². The van der Waals surface area contributed by atoms with Crippen LogP contribution in [0.15, 0.2) is 212 Å². The van der Waals surface area contributed by atoms with Crippen molar-refractivity contribution in [3.8, 4) is 0 Å². The summed E-state index contributed by atoms with van der Waals surface area (Å²) in [6, 6.07) is 47.9. The van der Waals surface area contributed by atoms with E-state index in [9.17, 15) is 0 Å². The lowest BCUT2D eigenvalue weighted by atomic mass is 9.96. The van der Waals surface area contributed by atoms with E-state index in [-0.39, 0.29) is 0 Å². The van der Waals surface area contributed by atoms with E-state index in [1.165, 1.54) is 71.4 Å². The first-order valence-corrected chi connectivity index (χ1v) is 30.6. The van der Waals surface area contributed by atoms with Crippen molar-refractivity contribution in [2.24, 2.45) is 20.0 Å². The number of aliphatic imine (C=N–C) groups is 4. The SMILES string of the molecule is CC1=NC2=C(CCCC2)C1.CC1=Nc2ccccc2C1.CC1=Nc2ccccc2C1.CC1=Nc2cccnc2C1.Cc1cn2ccccc2n1.Cc1cnc2ccccc2n1.Cc1nc2c([nH]1)=CCC=2.Cc1nc2ccccc2o1.Cc1nc2ccccn2n1. The number of aryl methyl sites for hydroxylation is 5. The Morgan fingerprint density at radius 2 is 1.10 bits per heavy atom. The predicted molar refractivity (Wildman–Crippen MR) is 367 cm³/mol. The summed E-state index contributed by atoms with van der Waals surface area (Å²) in [6.07, 6.45) is 24.3. The summed E-state index contributed by atoms with van der Waals surface area (Å²) in [5, 5.41) is 6.42. The van der Waals surface area contributed by atoms with Gasteiger partial charge in [0.15, 0.2) is 17.1 Å². The first-order chi connectivity index (χ1) is 43.7. The monoisotopic (exact) mass is 1190 g/mol. The number of hydrogen-bond donors (Lipinski definition) is 1. The van der Waals surface area contributed by atoms with Crippen molar-refractivity contribution in [2.45, 2.75) is 120 Å². The molecular formula is C74H77N15O. The second-order valence-corrected chi connectivity index (χ2v) is 22.6. The van der Waals surface area contributed by atoms with Crippen molar-refractivity contribution in [2.75, 3.05) is 0 Å². The molecule has 16 heteroatoms. The van der Waals surface area contributed by atoms with Gasteiger partial charge in [0.1, 0.15) is 22.8 Å². The van der Waals surface area contributed by atoms with Gasteiger partial charge in [0.25, 0.3) is 0 Å². The van der Waals surface area contributed by atoms with Crippen molar-refractivity contribution in [1.82, 2.24) is 53.9 Å². The number of H-pyrrole nitrogens is 1. The Morgan fingerprint density at radius 3 is 1.79 bits per heavy atom. The maximum Gasteiger partial charge on any atom is 0.192 e. The van der Waals surface area contributed by atoms with Crippen molar-refractivity contribution < 1.29 is 4.42 Å². The number of benzene rings is 4. The largest absolute Gasteiger partial charge is 0.441 e. The van der Waals surface area contributed by atoms with Gasteiger partial charge in [-0.2, -0.15) is 5.10 Å². The minimum absolute atomic E-state index is 0.723. The van der Waals surface area contributed by atoms with Crippen LogP contribution < -0.4 is 10.7 Å². The molecule has 4 aliphatic heterocycles. The molecule has 12 heterocycles. The standard InChI is InChI=1S/C9H8N2.C9H13N.2C9H9N.2C8H8N2.C8H7NO.C7H7N3.C7H8N2/c1-7-6-10-8-4-2-3-5-9(8)11-7;3*1-7-6-8-4-2-3-5-9(8)10-7;1-6-5-8-7(10-6)3-2-4-9-8;1-7-6-10-5-3-2-4-8(10)9-7;1-6-9-7-4-2-3-5-8(7)10-6;1-6-8-7-4-2-3-5-10(7)9-6;1-5-8-6-3-2-4-7(6)9-5/h2-6H,1H3;2-6H2,1H3;2*2-5H,6H2,1H3;2-4H,5H2,1H3;2-6H,1H3;2*2-5H,1H3;3-4H,2H2,1H3,(H,8,9). The zero-order chi connectivity index (χ0) is 62.8. The van der Waals surface area contributed by atoms with Crippen LogP contribution in [0, 0.1) is 34.6 Å². The molecule has 1 N–H and O–H groups in total. The van der Waals surface area contributed by atoms with Gasteiger partial charge < -0.3 is 13.8 Å². The van der Waals surface area contributed by atoms with E-state index in [4.69, 9.17) is 4.42 Å². The number of allylic oxidation sites excluding steroid dienone is 2. The van der Waals surface area contributed by atoms with Gasteiger partial charge in [-0.15, -0.1) is 0 Å². The predicted octanol–water partition coefficient (Wildman–Crippen LogP) is 15.5. The first-order valence-electron chi connectivity index (χ1n) is 30.6. The molecule has 0 atom stereocenters. The van der Waals surface area contributed by atoms with Crippen LogP contribution in [0.1, 0.15) is 112 Å². The molecule has 90 heavy (non-hydrogen) atoms. The van der Waals surface area contributed by atoms with Gasteiger partial charge in [-0.1, -0.05) is 84.9 Å². The van der Waals surface area contributed by atoms with Gasteiger partial charge in [0, 0.05) is 92.1 Å². The summed E-state index contributed by atoms with van der Waals surface area (Å²) in [7, 11) is 0. The lowest BCUT2D eigenvalue weighted by Gasteiger charge is -2.10. The molecule has 0 saturated heterocycles. The molecule has 0 amide bonds. The second kappa shape index (κ2) is 30.4. The normalized spacial score (nSPS) is 13.8. The minimum atomic E-state index is 0.723. The van der Waals surface area contributed by atoms with Crippen LogP contribution >= 0.6 is 0 Å². The Hall–Kier alpha value is -10.5. The fraction of sp³-hybridized carbons (Fsp3) is 0.243. The fourth-order valence-electron chi connectivity index (χ4n) is 10.8. The molecule has 0 spiro atoms. The number of aromatic amines is 1. The number of pyridine rings is 3. The smallest absolute Gasteiger partial charge is 0.192 e. The number of nitrogens with zero attached hydrogens (tertiary/aromatic N) is 14. The highest BCUT2D eigenvalue weighted by molar-refractivity contribution is 5.93. The summed E-state index contributed by atoms with van der Waals surface area (Å²) in [4.78, 5) is 50.3. The molecule has 6 aliphatic rings. The number of imidazole rings is 2. The molecule has 2 aliphatic carbocycles. The quantitative estimate of drug-likeness (QED) is 0.154. The van der Waals surface area contributed by atoms with E-state index >= 15 is 0 Å². The van der Waals surface area contributed by atoms with Crippen molar-refractivity contribution in [1.29, 1.82) is 0 Å². The van der Waals surface area contributed by atoms with Crippen molar-refractivity contribution in [3.63, 3.8) is 0 Å². The average molecular weight is 1190 g/mol. The maximum atomic E-state index is 5.26. The summed E-state index contributed by atoms with van der Waals surface area (Å²) >= 11 is 0. The zero-order valence-corrected chi connectivity index (χ0v) is 52.9. The number of rotatable bonds is 0. The van der Waals surface area contributed by atoms with E-state index in [0.29, 0.717) is 0 Å². The number of oxazole rings is 1. The number of aromatic nitrogens is 11. The highest BCUT2D eigenvalue weighted by Crippen LogP contribution is 2.32. The van der Waals surface area contributed by atoms with E-state index < -0.39 is 0 Å². The van der Waals surface area contributed by atoms with Crippen LogP contribution in [-0.4, -0.2) is 76.7 Å². The van der Waals surface area contributed by atoms with Gasteiger partial charge in [0.05, 0.1) is 55.9 Å². The topological polar surface area (TPSA) is 190 Å². The highest BCUT2D eigenvalue weighted by atomic mass is 16.3. The fourth-order valence-corrected chi connectivity index (χ4v) is 10.8. The van der Waals surface area contributed by atoms with E-state index in [0.717, 1.165) is 122 Å². The first kappa shape index (κ1) is 62.6. The van der Waals surface area contributed by atoms with Crippen LogP contribution in [0.5, 0.6) is 0 Å². The number of hydrogen-bond acceptors (Lipinski definition) is 13. The van der Waals surface area contributed by atoms with Gasteiger partial charge >= 0.3 is 0 Å². The number of nitrogens with one attached hydrogen (secondary N) is 1. The third-order valence-corrected chi connectivity index (χ3v) is 14.8. The van der Waals surface area contributed by atoms with Crippen LogP contribution in [-0.2, 0) is 19.3 Å². The van der Waals surface area contributed by atoms with Crippen LogP contribution in [0.25, 0.3) is 45.6 Å². The highest BCUT2D eigenvalue weighted by Gasteiger charge is 2.18. The molecular weight excluding hydrogens is 1110 g/mol. The van der Waals surface area contributed by atoms with Gasteiger partial charge in [-0.3, -0.25) is 29.9 Å². The molecule has 0 saturated carbocycles. The Morgan fingerprint density at radius 1 is 0.478 bits per heavy atom. The lowest BCUT2D eigenvalue weighted by molar-refractivity contribution is 0.561.